The smallest absolute Gasteiger partial charge is 0.0108 e. The Bertz CT molecular complexity index is 111. The standard InChI is InChI=1S/C9H20N2S/c1-9(2)10-3-4-11-5-7-12-8-6-11/h9-10H,3-8H2,1-2H3. The fourth-order valence-electron chi connectivity index (χ4n) is 1.34. The normalized spacial score (nSPS) is 20.2. The average molecular weight is 188 g/mol. The first-order chi connectivity index (χ1) is 5.79. The molecule has 0 unspecified atom stereocenters. The quantitative estimate of drug-likeness (QED) is 0.709. The molecular weight excluding hydrogens is 168 g/mol. The van der Waals surface area contributed by atoms with E-state index in [1.54, 1.807) is 0 Å². The molecule has 0 bridgehead atoms. The van der Waals surface area contributed by atoms with Crippen LogP contribution in [0.3, 0.4) is 0 Å². The van der Waals surface area contributed by atoms with Crippen molar-refractivity contribution in [1.82, 2.24) is 10.2 Å². The van der Waals surface area contributed by atoms with E-state index in [-0.39, 0.29) is 0 Å². The summed E-state index contributed by atoms with van der Waals surface area (Å²) in [5, 5.41) is 3.44. The summed E-state index contributed by atoms with van der Waals surface area (Å²) in [6.45, 7) is 9.33. The number of thioether (sulfide) groups is 1. The second-order valence-electron chi connectivity index (χ2n) is 3.56. The van der Waals surface area contributed by atoms with Crippen molar-refractivity contribution in [3.05, 3.63) is 0 Å². The van der Waals surface area contributed by atoms with E-state index >= 15 is 0 Å². The van der Waals surface area contributed by atoms with E-state index < -0.39 is 0 Å². The predicted octanol–water partition coefficient (Wildman–Crippen LogP) is 1.03. The molecule has 1 fully saturated rings. The van der Waals surface area contributed by atoms with Gasteiger partial charge in [0.2, 0.25) is 0 Å². The molecule has 1 saturated heterocycles. The minimum atomic E-state index is 0.629. The Labute approximate surface area is 80.1 Å². The lowest BCUT2D eigenvalue weighted by Gasteiger charge is -2.26. The van der Waals surface area contributed by atoms with Gasteiger partial charge in [-0.15, -0.1) is 0 Å². The Morgan fingerprint density at radius 3 is 2.58 bits per heavy atom. The maximum atomic E-state index is 3.44. The number of hydrogen-bond donors (Lipinski definition) is 1. The lowest BCUT2D eigenvalue weighted by molar-refractivity contribution is 0.297. The van der Waals surface area contributed by atoms with Gasteiger partial charge >= 0.3 is 0 Å². The Morgan fingerprint density at radius 1 is 1.33 bits per heavy atom. The molecular formula is C9H20N2S. The maximum Gasteiger partial charge on any atom is 0.0108 e. The molecule has 2 nitrogen and oxygen atoms in total. The molecule has 0 saturated carbocycles. The lowest BCUT2D eigenvalue weighted by atomic mass is 10.4. The van der Waals surface area contributed by atoms with Crippen LogP contribution in [0, 0.1) is 0 Å². The summed E-state index contributed by atoms with van der Waals surface area (Å²) in [6.07, 6.45) is 0. The highest BCUT2D eigenvalue weighted by atomic mass is 32.2. The summed E-state index contributed by atoms with van der Waals surface area (Å²) < 4.78 is 0. The van der Waals surface area contributed by atoms with Crippen LogP contribution in [-0.2, 0) is 0 Å². The molecule has 72 valence electrons. The molecule has 0 radical (unpaired) electrons. The molecule has 0 amide bonds. The minimum absolute atomic E-state index is 0.629. The van der Waals surface area contributed by atoms with Gasteiger partial charge in [0.05, 0.1) is 0 Å². The topological polar surface area (TPSA) is 15.3 Å². The third-order valence-electron chi connectivity index (χ3n) is 2.08. The zero-order valence-corrected chi connectivity index (χ0v) is 8.99. The van der Waals surface area contributed by atoms with Crippen molar-refractivity contribution < 1.29 is 0 Å². The third kappa shape index (κ3) is 4.33. The minimum Gasteiger partial charge on any atom is -0.313 e. The zero-order chi connectivity index (χ0) is 8.81. The van der Waals surface area contributed by atoms with Gasteiger partial charge in [-0.1, -0.05) is 13.8 Å². The van der Waals surface area contributed by atoms with Crippen LogP contribution < -0.4 is 5.32 Å². The first kappa shape index (κ1) is 10.4. The summed E-state index contributed by atoms with van der Waals surface area (Å²) in [6, 6.07) is 0.629. The van der Waals surface area contributed by atoms with Gasteiger partial charge in [-0.05, 0) is 0 Å². The molecule has 0 aromatic carbocycles. The van der Waals surface area contributed by atoms with Crippen LogP contribution in [0.1, 0.15) is 13.8 Å². The second kappa shape index (κ2) is 5.84. The van der Waals surface area contributed by atoms with Crippen molar-refractivity contribution in [2.24, 2.45) is 0 Å². The summed E-state index contributed by atoms with van der Waals surface area (Å²) in [5.41, 5.74) is 0. The molecule has 3 heteroatoms. The van der Waals surface area contributed by atoms with Crippen molar-refractivity contribution in [2.45, 2.75) is 19.9 Å². The predicted molar refractivity (Wildman–Crippen MR) is 56.9 cm³/mol. The van der Waals surface area contributed by atoms with Crippen LogP contribution in [0.15, 0.2) is 0 Å². The van der Waals surface area contributed by atoms with Gasteiger partial charge in [0.25, 0.3) is 0 Å². The highest BCUT2D eigenvalue weighted by Gasteiger charge is 2.08. The molecule has 0 aliphatic carbocycles. The van der Waals surface area contributed by atoms with Crippen LogP contribution in [0.2, 0.25) is 0 Å². The molecule has 1 heterocycles. The summed E-state index contributed by atoms with van der Waals surface area (Å²) >= 11 is 2.08. The van der Waals surface area contributed by atoms with Gasteiger partial charge < -0.3 is 10.2 Å². The van der Waals surface area contributed by atoms with Crippen molar-refractivity contribution in [3.8, 4) is 0 Å². The fraction of sp³-hybridized carbons (Fsp3) is 1.00. The van der Waals surface area contributed by atoms with E-state index in [1.807, 2.05) is 0 Å². The van der Waals surface area contributed by atoms with Crippen molar-refractivity contribution in [1.29, 1.82) is 0 Å². The van der Waals surface area contributed by atoms with E-state index in [2.05, 4.69) is 35.8 Å². The number of hydrogen-bond acceptors (Lipinski definition) is 3. The molecule has 0 aromatic heterocycles. The lowest BCUT2D eigenvalue weighted by Crippen LogP contribution is -2.39. The van der Waals surface area contributed by atoms with Gasteiger partial charge in [0.1, 0.15) is 0 Å². The van der Waals surface area contributed by atoms with Crippen LogP contribution in [0.25, 0.3) is 0 Å². The summed E-state index contributed by atoms with van der Waals surface area (Å²) in [4.78, 5) is 2.55. The Hall–Kier alpha value is 0.270. The largest absolute Gasteiger partial charge is 0.313 e. The second-order valence-corrected chi connectivity index (χ2v) is 4.79. The van der Waals surface area contributed by atoms with Crippen LogP contribution in [0.5, 0.6) is 0 Å². The first-order valence-electron chi connectivity index (χ1n) is 4.82. The van der Waals surface area contributed by atoms with E-state index in [0.29, 0.717) is 6.04 Å². The van der Waals surface area contributed by atoms with Gasteiger partial charge in [-0.25, -0.2) is 0 Å². The monoisotopic (exact) mass is 188 g/mol. The van der Waals surface area contributed by atoms with Gasteiger partial charge in [0, 0.05) is 43.7 Å². The van der Waals surface area contributed by atoms with E-state index in [4.69, 9.17) is 0 Å². The Kier molecular flexibility index (Phi) is 5.04. The van der Waals surface area contributed by atoms with E-state index in [1.165, 1.54) is 31.1 Å². The Balaban J connectivity index is 1.98. The molecule has 1 aliphatic rings. The molecule has 1 N–H and O–H groups in total. The van der Waals surface area contributed by atoms with Crippen LogP contribution >= 0.6 is 11.8 Å². The van der Waals surface area contributed by atoms with Crippen LogP contribution in [0.4, 0.5) is 0 Å². The third-order valence-corrected chi connectivity index (χ3v) is 3.03. The summed E-state index contributed by atoms with van der Waals surface area (Å²) in [5.74, 6) is 2.64. The van der Waals surface area contributed by atoms with Crippen molar-refractivity contribution >= 4 is 11.8 Å². The molecule has 0 spiro atoms. The number of nitrogens with one attached hydrogen (secondary N) is 1. The first-order valence-corrected chi connectivity index (χ1v) is 5.98. The average Bonchev–Trinajstić information content (AvgIpc) is 2.05. The van der Waals surface area contributed by atoms with Crippen molar-refractivity contribution in [3.63, 3.8) is 0 Å². The number of rotatable bonds is 4. The SMILES string of the molecule is CC(C)NCCN1CCSCC1. The van der Waals surface area contributed by atoms with Gasteiger partial charge in [-0.2, -0.15) is 11.8 Å². The van der Waals surface area contributed by atoms with Crippen molar-refractivity contribution in [2.75, 3.05) is 37.7 Å². The highest BCUT2D eigenvalue weighted by molar-refractivity contribution is 7.99. The van der Waals surface area contributed by atoms with Gasteiger partial charge in [-0.3, -0.25) is 0 Å². The maximum absolute atomic E-state index is 3.44. The number of nitrogens with zero attached hydrogens (tertiary/aromatic N) is 1. The Morgan fingerprint density at radius 2 is 2.00 bits per heavy atom. The van der Waals surface area contributed by atoms with Gasteiger partial charge in [0.15, 0.2) is 0 Å². The fourth-order valence-corrected chi connectivity index (χ4v) is 2.31. The molecule has 0 atom stereocenters. The summed E-state index contributed by atoms with van der Waals surface area (Å²) in [7, 11) is 0. The van der Waals surface area contributed by atoms with Crippen LogP contribution in [-0.4, -0.2) is 48.6 Å². The van der Waals surface area contributed by atoms with E-state index in [9.17, 15) is 0 Å². The van der Waals surface area contributed by atoms with E-state index in [0.717, 1.165) is 6.54 Å². The molecule has 1 aliphatic heterocycles. The highest BCUT2D eigenvalue weighted by Crippen LogP contribution is 2.07. The molecule has 12 heavy (non-hydrogen) atoms. The molecule has 1 rings (SSSR count). The molecule has 0 aromatic rings. The zero-order valence-electron chi connectivity index (χ0n) is 8.18.